The molecule has 7 atom stereocenters. The van der Waals surface area contributed by atoms with E-state index >= 15 is 8.78 Å². The summed E-state index contributed by atoms with van der Waals surface area (Å²) in [6.07, 6.45) is -4.58. The van der Waals surface area contributed by atoms with E-state index in [1.165, 1.54) is 38.1 Å². The van der Waals surface area contributed by atoms with E-state index in [4.69, 9.17) is 32.3 Å². The van der Waals surface area contributed by atoms with Crippen molar-refractivity contribution in [2.24, 2.45) is 5.41 Å². The largest absolute Gasteiger partial charge is 0.462 e. The van der Waals surface area contributed by atoms with Crippen LogP contribution in [0.5, 0.6) is 11.5 Å². The molecule has 1 aliphatic rings. The maximum absolute atomic E-state index is 16.9. The van der Waals surface area contributed by atoms with Crippen LogP contribution in [0.1, 0.15) is 54.7 Å². The summed E-state index contributed by atoms with van der Waals surface area (Å²) in [7, 11) is -9.43. The van der Waals surface area contributed by atoms with Crippen molar-refractivity contribution in [1.29, 1.82) is 0 Å². The van der Waals surface area contributed by atoms with Crippen molar-refractivity contribution in [2.75, 3.05) is 13.2 Å². The molecule has 17 nitrogen and oxygen atoms in total. The Morgan fingerprint density at radius 2 is 1.27 bits per heavy atom. The molecule has 308 valence electrons. The van der Waals surface area contributed by atoms with Crippen molar-refractivity contribution >= 4 is 27.4 Å². The minimum atomic E-state index is -4.76. The zero-order valence-electron chi connectivity index (χ0n) is 31.7. The van der Waals surface area contributed by atoms with E-state index in [-0.39, 0.29) is 11.5 Å². The van der Waals surface area contributed by atoms with Gasteiger partial charge in [0.15, 0.2) is 0 Å². The number of nitrogens with one attached hydrogen (secondary N) is 3. The normalized spacial score (nSPS) is 22.4. The predicted octanol–water partition coefficient (Wildman–Crippen LogP) is 5.34. The molecule has 0 aliphatic carbocycles. The Hall–Kier alpha value is -4.22. The summed E-state index contributed by atoms with van der Waals surface area (Å²) >= 11 is 0. The van der Waals surface area contributed by atoms with E-state index in [1.54, 1.807) is 64.1 Å². The van der Waals surface area contributed by atoms with Crippen LogP contribution in [0.2, 0.25) is 0 Å². The summed E-state index contributed by atoms with van der Waals surface area (Å²) in [5.74, 6) is -5.79. The first-order valence-electron chi connectivity index (χ1n) is 17.5. The summed E-state index contributed by atoms with van der Waals surface area (Å²) in [6.45, 7) is 7.84. The number of aromatic amines is 1. The summed E-state index contributed by atoms with van der Waals surface area (Å²) in [5.41, 5.74) is -4.74. The molecule has 4 rings (SSSR count). The number of esters is 2. The minimum Gasteiger partial charge on any atom is -0.462 e. The number of alkyl halides is 2. The van der Waals surface area contributed by atoms with E-state index in [9.17, 15) is 28.3 Å². The van der Waals surface area contributed by atoms with Crippen molar-refractivity contribution in [2.45, 2.75) is 91.0 Å². The van der Waals surface area contributed by atoms with Crippen LogP contribution in [0.4, 0.5) is 8.78 Å². The lowest BCUT2D eigenvalue weighted by atomic mass is 9.80. The Morgan fingerprint density at radius 3 is 1.71 bits per heavy atom. The molecule has 21 heteroatoms. The van der Waals surface area contributed by atoms with Gasteiger partial charge in [0.25, 0.3) is 5.56 Å². The fraction of sp³-hybridized carbons (Fsp3) is 0.486. The summed E-state index contributed by atoms with van der Waals surface area (Å²) in [5, 5.41) is 4.88. The number of hydrogen-bond acceptors (Lipinski definition) is 13. The summed E-state index contributed by atoms with van der Waals surface area (Å²) in [4.78, 5) is 51.9. The van der Waals surface area contributed by atoms with Gasteiger partial charge in [-0.15, -0.1) is 0 Å². The second-order valence-electron chi connectivity index (χ2n) is 13.6. The van der Waals surface area contributed by atoms with Gasteiger partial charge in [-0.3, -0.25) is 33.0 Å². The molecule has 1 aliphatic heterocycles. The molecule has 56 heavy (non-hydrogen) atoms. The van der Waals surface area contributed by atoms with Gasteiger partial charge in [0.1, 0.15) is 23.6 Å². The first-order valence-corrected chi connectivity index (χ1v) is 20.6. The summed E-state index contributed by atoms with van der Waals surface area (Å²) < 4.78 is 102. The lowest BCUT2D eigenvalue weighted by molar-refractivity contribution is -0.153. The number of ether oxygens (including phenoxy) is 3. The van der Waals surface area contributed by atoms with E-state index in [1.807, 2.05) is 4.98 Å². The summed E-state index contributed by atoms with van der Waals surface area (Å²) in [6, 6.07) is 13.4. The Balaban J connectivity index is 1.73. The molecule has 1 fully saturated rings. The molecular formula is C35H46F2N4O13P2. The number of nitrogens with zero attached hydrogens (tertiary/aromatic N) is 1. The number of halogens is 2. The van der Waals surface area contributed by atoms with E-state index in [0.717, 1.165) is 19.2 Å². The third-order valence-corrected chi connectivity index (χ3v) is 11.4. The number of para-hydroxylation sites is 2. The smallest absolute Gasteiger partial charge is 0.459 e. The number of rotatable bonds is 19. The Bertz CT molecular complexity index is 2020. The SMILES string of the molecule is CC(C)OC(=O)[C@H](C)NP(=O)(OC[C@H]1O[C@@H](n2ccc(=O)[nH]c2=O)C(F)(F)C1(C)COP(=O)(N[C@@H](C)C(=O)OC(C)C)Oc1ccccc1)Oc1ccccc1. The lowest BCUT2D eigenvalue weighted by Crippen LogP contribution is -2.50. The third-order valence-electron chi connectivity index (χ3n) is 8.16. The number of hydrogen-bond donors (Lipinski definition) is 3. The molecule has 0 spiro atoms. The van der Waals surface area contributed by atoms with Gasteiger partial charge in [0.2, 0.25) is 6.23 Å². The Morgan fingerprint density at radius 1 is 0.804 bits per heavy atom. The maximum Gasteiger partial charge on any atom is 0.459 e. The first-order chi connectivity index (χ1) is 26.2. The topological polar surface area (TPSA) is 212 Å². The Labute approximate surface area is 321 Å². The molecule has 3 unspecified atom stereocenters. The molecule has 3 N–H and O–H groups in total. The van der Waals surface area contributed by atoms with Crippen LogP contribution in [0, 0.1) is 5.41 Å². The fourth-order valence-electron chi connectivity index (χ4n) is 5.21. The van der Waals surface area contributed by atoms with Gasteiger partial charge in [-0.2, -0.15) is 10.2 Å². The highest BCUT2D eigenvalue weighted by atomic mass is 31.2. The van der Waals surface area contributed by atoms with Crippen LogP contribution < -0.4 is 30.5 Å². The van der Waals surface area contributed by atoms with Crippen molar-refractivity contribution in [3.8, 4) is 11.5 Å². The standard InChI is InChI=1S/C35H46F2N4O13P2/c1-22(2)50-30(43)24(5)39-55(46,53-26-14-10-8-11-15-26)48-20-28-34(7,35(36,37)32(52-28)41-19-18-29(42)38-33(41)45)21-49-56(47,54-27-16-12-9-13-17-27)40-25(6)31(44)51-23(3)4/h8-19,22-25,28,32H,20-21H2,1-7H3,(H,39,46)(H,40,47)(H,38,42,45)/t24-,25-,28+,32+,34?,55?,56?/m0/s1. The highest BCUT2D eigenvalue weighted by Crippen LogP contribution is 2.58. The number of aromatic nitrogens is 2. The molecule has 2 heterocycles. The van der Waals surface area contributed by atoms with Gasteiger partial charge in [-0.1, -0.05) is 36.4 Å². The molecule has 1 saturated heterocycles. The molecule has 0 radical (unpaired) electrons. The van der Waals surface area contributed by atoms with Gasteiger partial charge >= 0.3 is 39.0 Å². The second-order valence-corrected chi connectivity index (χ2v) is 17.0. The number of carbonyl (C=O) groups excluding carboxylic acids is 2. The number of H-pyrrole nitrogens is 1. The lowest BCUT2D eigenvalue weighted by Gasteiger charge is -2.36. The van der Waals surface area contributed by atoms with E-state index in [0.29, 0.717) is 4.57 Å². The van der Waals surface area contributed by atoms with Crippen molar-refractivity contribution in [3.05, 3.63) is 93.8 Å². The number of carbonyl (C=O) groups is 2. The quantitative estimate of drug-likeness (QED) is 0.103. The molecule has 1 aromatic heterocycles. The minimum absolute atomic E-state index is 0.0138. The predicted molar refractivity (Wildman–Crippen MR) is 197 cm³/mol. The fourth-order valence-corrected chi connectivity index (χ4v) is 8.29. The van der Waals surface area contributed by atoms with Gasteiger partial charge in [0, 0.05) is 12.3 Å². The molecule has 0 saturated carbocycles. The number of benzene rings is 2. The first kappa shape index (κ1) is 44.5. The maximum atomic E-state index is 16.9. The monoisotopic (exact) mass is 830 g/mol. The van der Waals surface area contributed by atoms with Crippen LogP contribution in [0.25, 0.3) is 0 Å². The van der Waals surface area contributed by atoms with Crippen molar-refractivity contribution < 1.29 is 59.8 Å². The molecule has 0 amide bonds. The molecule has 2 aromatic carbocycles. The van der Waals surface area contributed by atoms with Gasteiger partial charge in [0.05, 0.1) is 36.9 Å². The van der Waals surface area contributed by atoms with Gasteiger partial charge in [-0.05, 0) is 72.7 Å². The third kappa shape index (κ3) is 11.2. The molecule has 3 aromatic rings. The van der Waals surface area contributed by atoms with Crippen LogP contribution in [0.15, 0.2) is 82.5 Å². The van der Waals surface area contributed by atoms with E-state index in [2.05, 4.69) is 10.2 Å². The van der Waals surface area contributed by atoms with Crippen molar-refractivity contribution in [3.63, 3.8) is 0 Å². The zero-order chi connectivity index (χ0) is 41.5. The van der Waals surface area contributed by atoms with Crippen LogP contribution in [-0.4, -0.2) is 71.0 Å². The zero-order valence-corrected chi connectivity index (χ0v) is 33.5. The average Bonchev–Trinajstić information content (AvgIpc) is 3.30. The van der Waals surface area contributed by atoms with Crippen LogP contribution >= 0.6 is 15.5 Å². The molecular weight excluding hydrogens is 784 g/mol. The van der Waals surface area contributed by atoms with Gasteiger partial charge in [-0.25, -0.2) is 22.7 Å². The van der Waals surface area contributed by atoms with Crippen LogP contribution in [0.3, 0.4) is 0 Å². The highest BCUT2D eigenvalue weighted by molar-refractivity contribution is 7.52. The second kappa shape index (κ2) is 18.4. The highest BCUT2D eigenvalue weighted by Gasteiger charge is 2.69. The van der Waals surface area contributed by atoms with Crippen LogP contribution in [-0.2, 0) is 42.0 Å². The Kier molecular flexibility index (Phi) is 14.6. The average molecular weight is 831 g/mol. The molecule has 0 bridgehead atoms. The van der Waals surface area contributed by atoms with Gasteiger partial charge < -0.3 is 23.3 Å². The van der Waals surface area contributed by atoms with Crippen molar-refractivity contribution in [1.82, 2.24) is 19.7 Å². The van der Waals surface area contributed by atoms with E-state index < -0.39 is 99.9 Å².